The third-order valence-corrected chi connectivity index (χ3v) is 10.4. The van der Waals surface area contributed by atoms with Crippen molar-refractivity contribution in [2.24, 2.45) is 0 Å². The third-order valence-electron chi connectivity index (χ3n) is 10.4. The Hall–Kier alpha value is -6.67. The molecule has 6 aromatic rings. The minimum Gasteiger partial charge on any atom is -0.472 e. The van der Waals surface area contributed by atoms with Crippen molar-refractivity contribution in [3.8, 4) is 17.2 Å². The molecule has 8 heteroatoms. The van der Waals surface area contributed by atoms with E-state index in [9.17, 15) is 14.4 Å². The number of aryl methyl sites for hydroxylation is 1. The molecule has 56 heavy (non-hydrogen) atoms. The van der Waals surface area contributed by atoms with E-state index in [2.05, 4.69) is 29.2 Å². The van der Waals surface area contributed by atoms with Crippen LogP contribution in [-0.2, 0) is 10.3 Å². The zero-order valence-electron chi connectivity index (χ0n) is 31.3. The maximum Gasteiger partial charge on any atom is 0.343 e. The van der Waals surface area contributed by atoms with E-state index >= 15 is 0 Å². The van der Waals surface area contributed by atoms with Crippen LogP contribution >= 0.6 is 0 Å². The average Bonchev–Trinajstić information content (AvgIpc) is 3.24. The normalized spacial score (nSPS) is 16.1. The minimum atomic E-state index is -0.999. The van der Waals surface area contributed by atoms with Crippen molar-refractivity contribution in [3.05, 3.63) is 172 Å². The Labute approximate surface area is 325 Å². The first-order valence-corrected chi connectivity index (χ1v) is 19.0. The Morgan fingerprint density at radius 2 is 1.30 bits per heavy atom. The zero-order chi connectivity index (χ0) is 38.6. The van der Waals surface area contributed by atoms with Crippen LogP contribution in [0.5, 0.6) is 17.2 Å². The lowest BCUT2D eigenvalue weighted by Crippen LogP contribution is -2.35. The van der Waals surface area contributed by atoms with Crippen molar-refractivity contribution in [2.45, 2.75) is 38.7 Å². The van der Waals surface area contributed by atoms with Gasteiger partial charge in [0.2, 0.25) is 0 Å². The average molecular weight is 744 g/mol. The van der Waals surface area contributed by atoms with Crippen molar-refractivity contribution in [1.82, 2.24) is 0 Å². The van der Waals surface area contributed by atoms with Gasteiger partial charge >= 0.3 is 17.9 Å². The largest absolute Gasteiger partial charge is 0.472 e. The molecule has 1 fully saturated rings. The predicted octanol–water partition coefficient (Wildman–Crippen LogP) is 10.1. The topological polar surface area (TPSA) is 91.4 Å². The molecule has 8 rings (SSSR count). The van der Waals surface area contributed by atoms with E-state index in [-0.39, 0.29) is 17.9 Å². The van der Waals surface area contributed by atoms with Gasteiger partial charge in [0.15, 0.2) is 5.60 Å². The Kier molecular flexibility index (Phi) is 10.1. The molecule has 8 nitrogen and oxygen atoms in total. The van der Waals surface area contributed by atoms with Gasteiger partial charge in [0, 0.05) is 40.9 Å². The smallest absolute Gasteiger partial charge is 0.343 e. The van der Waals surface area contributed by atoms with E-state index in [0.717, 1.165) is 35.2 Å². The molecule has 0 amide bonds. The summed E-state index contributed by atoms with van der Waals surface area (Å²) in [6.07, 6.45) is 7.61. The van der Waals surface area contributed by atoms with Crippen molar-refractivity contribution in [2.75, 3.05) is 24.6 Å². The molecule has 0 aliphatic carbocycles. The zero-order valence-corrected chi connectivity index (χ0v) is 31.3. The number of benzene rings is 6. The standard InChI is InChI=1S/C48H41NO7/c1-3-53-47(52)43-31-35-30-40(55-46(51)34-16-22-39(23-17-34)54-45(50)33-14-12-32(2)13-15-33)24-25-41(35)44-42(43)26-27-48(56-44,36-10-6-4-7-11-36)37-18-20-38(21-19-37)49-28-8-5-9-29-49/h4,6-7,10-27,30-31H,3,5,8-9,28-29H2,1-2H3. The highest BCUT2D eigenvalue weighted by Gasteiger charge is 2.39. The Morgan fingerprint density at radius 1 is 0.679 bits per heavy atom. The van der Waals surface area contributed by atoms with E-state index in [1.165, 1.54) is 24.9 Å². The van der Waals surface area contributed by atoms with Crippen molar-refractivity contribution in [1.29, 1.82) is 0 Å². The van der Waals surface area contributed by atoms with Crippen molar-refractivity contribution < 1.29 is 33.3 Å². The molecule has 2 aliphatic rings. The van der Waals surface area contributed by atoms with E-state index in [4.69, 9.17) is 18.9 Å². The first-order valence-electron chi connectivity index (χ1n) is 19.0. The fourth-order valence-electron chi connectivity index (χ4n) is 7.40. The number of piperidine rings is 1. The van der Waals surface area contributed by atoms with Crippen LogP contribution in [-0.4, -0.2) is 37.6 Å². The molecule has 0 N–H and O–H groups in total. The SMILES string of the molecule is CCOC(=O)c1cc2cc(OC(=O)c3ccc(OC(=O)c4ccc(C)cc4)cc3)ccc2c2c1C=CC(c1ccccc1)(c1ccc(N3CCCCC3)cc1)O2. The number of rotatable bonds is 9. The number of ether oxygens (including phenoxy) is 4. The molecule has 1 saturated heterocycles. The van der Waals surface area contributed by atoms with Gasteiger partial charge < -0.3 is 23.8 Å². The lowest BCUT2D eigenvalue weighted by Gasteiger charge is -2.37. The molecular formula is C48H41NO7. The number of hydrogen-bond acceptors (Lipinski definition) is 8. The highest BCUT2D eigenvalue weighted by Crippen LogP contribution is 2.47. The van der Waals surface area contributed by atoms with Gasteiger partial charge in [-0.1, -0.05) is 60.2 Å². The molecule has 0 saturated carbocycles. The summed E-state index contributed by atoms with van der Waals surface area (Å²) in [6, 6.07) is 38.9. The number of fused-ring (bicyclic) bond motifs is 3. The van der Waals surface area contributed by atoms with Gasteiger partial charge in [-0.3, -0.25) is 0 Å². The van der Waals surface area contributed by atoms with Crippen LogP contribution in [0.1, 0.15) is 79.5 Å². The molecule has 0 spiro atoms. The monoisotopic (exact) mass is 743 g/mol. The van der Waals surface area contributed by atoms with Gasteiger partial charge in [-0.15, -0.1) is 0 Å². The van der Waals surface area contributed by atoms with Crippen LogP contribution in [0.3, 0.4) is 0 Å². The molecule has 1 unspecified atom stereocenters. The highest BCUT2D eigenvalue weighted by molar-refractivity contribution is 6.04. The Morgan fingerprint density at radius 3 is 1.98 bits per heavy atom. The van der Waals surface area contributed by atoms with Crippen molar-refractivity contribution >= 4 is 40.4 Å². The summed E-state index contributed by atoms with van der Waals surface area (Å²) in [4.78, 5) is 41.8. The van der Waals surface area contributed by atoms with Gasteiger partial charge in [-0.2, -0.15) is 0 Å². The summed E-state index contributed by atoms with van der Waals surface area (Å²) in [5.74, 6) is -0.478. The molecule has 2 aliphatic heterocycles. The van der Waals surface area contributed by atoms with Gasteiger partial charge in [0.1, 0.15) is 17.2 Å². The fourth-order valence-corrected chi connectivity index (χ4v) is 7.40. The molecular weight excluding hydrogens is 703 g/mol. The van der Waals surface area contributed by atoms with Gasteiger partial charge in [-0.05, 0) is 123 Å². The molecule has 2 heterocycles. The van der Waals surface area contributed by atoms with Gasteiger partial charge in [0.05, 0.1) is 23.3 Å². The Balaban J connectivity index is 1.11. The predicted molar refractivity (Wildman–Crippen MR) is 217 cm³/mol. The number of anilines is 1. The summed E-state index contributed by atoms with van der Waals surface area (Å²) in [5.41, 5.74) is 4.75. The second kappa shape index (κ2) is 15.6. The summed E-state index contributed by atoms with van der Waals surface area (Å²) in [7, 11) is 0. The number of carbonyl (C=O) groups is 3. The van der Waals surface area contributed by atoms with Crippen LogP contribution in [0.15, 0.2) is 133 Å². The van der Waals surface area contributed by atoms with Crippen LogP contribution < -0.4 is 19.1 Å². The second-order valence-electron chi connectivity index (χ2n) is 14.1. The van der Waals surface area contributed by atoms with E-state index in [1.54, 1.807) is 61.5 Å². The third kappa shape index (κ3) is 7.26. The lowest BCUT2D eigenvalue weighted by molar-refractivity contribution is 0.0524. The summed E-state index contributed by atoms with van der Waals surface area (Å²) in [5, 5.41) is 1.37. The number of hydrogen-bond donors (Lipinski definition) is 0. The second-order valence-corrected chi connectivity index (χ2v) is 14.1. The fraction of sp³-hybridized carbons (Fsp3) is 0.188. The van der Waals surface area contributed by atoms with Crippen LogP contribution in [0, 0.1) is 6.92 Å². The number of carbonyl (C=O) groups excluding carboxylic acids is 3. The Bertz CT molecular complexity index is 2430. The maximum absolute atomic E-state index is 13.5. The molecule has 0 aromatic heterocycles. The summed E-state index contributed by atoms with van der Waals surface area (Å²) >= 11 is 0. The molecule has 280 valence electrons. The van der Waals surface area contributed by atoms with Crippen LogP contribution in [0.2, 0.25) is 0 Å². The lowest BCUT2D eigenvalue weighted by atomic mass is 9.82. The van der Waals surface area contributed by atoms with Crippen molar-refractivity contribution in [3.63, 3.8) is 0 Å². The van der Waals surface area contributed by atoms with Crippen LogP contribution in [0.25, 0.3) is 16.8 Å². The van der Waals surface area contributed by atoms with E-state index < -0.39 is 23.5 Å². The number of nitrogens with zero attached hydrogens (tertiary/aromatic N) is 1. The first-order chi connectivity index (χ1) is 27.3. The van der Waals surface area contributed by atoms with Crippen LogP contribution in [0.4, 0.5) is 5.69 Å². The first kappa shape index (κ1) is 36.3. The highest BCUT2D eigenvalue weighted by atomic mass is 16.5. The summed E-state index contributed by atoms with van der Waals surface area (Å²) in [6.45, 7) is 6.01. The maximum atomic E-state index is 13.5. The number of esters is 3. The van der Waals surface area contributed by atoms with E-state index in [1.807, 2.05) is 67.6 Å². The summed E-state index contributed by atoms with van der Waals surface area (Å²) < 4.78 is 24.0. The van der Waals surface area contributed by atoms with E-state index in [0.29, 0.717) is 33.6 Å². The van der Waals surface area contributed by atoms with Gasteiger partial charge in [0.25, 0.3) is 0 Å². The molecule has 0 radical (unpaired) electrons. The molecule has 6 aromatic carbocycles. The minimum absolute atomic E-state index is 0.204. The quantitative estimate of drug-likeness (QED) is 0.107. The molecule has 1 atom stereocenters. The van der Waals surface area contributed by atoms with Gasteiger partial charge in [-0.25, -0.2) is 14.4 Å². The molecule has 0 bridgehead atoms.